The molecule has 0 amide bonds. The van der Waals surface area contributed by atoms with E-state index < -0.39 is 5.97 Å². The summed E-state index contributed by atoms with van der Waals surface area (Å²) in [5.74, 6) is 0.230. The summed E-state index contributed by atoms with van der Waals surface area (Å²) in [6, 6.07) is 12.0. The maximum absolute atomic E-state index is 11.7. The SMILES string of the molecule is CN(CCSCCO)c1nc(Nc2ccc(/N=N/c3c(N)c(SOOO)cc4cc(SOOO)cc(O)c34)c(SOOO)c2)nc(-[n+]2cccc(C(=O)O)c2)n1. The first-order valence-electron chi connectivity index (χ1n) is 15.4. The number of phenolic OH excluding ortho intramolecular Hbond substituents is 1. The van der Waals surface area contributed by atoms with E-state index in [4.69, 9.17) is 30.9 Å². The van der Waals surface area contributed by atoms with Crippen LogP contribution in [-0.4, -0.2) is 83.7 Å². The average Bonchev–Trinajstić information content (AvgIpc) is 3.20. The van der Waals surface area contributed by atoms with E-state index in [0.717, 1.165) is 0 Å². The van der Waals surface area contributed by atoms with Gasteiger partial charge in [0, 0.05) is 35.7 Å². The van der Waals surface area contributed by atoms with E-state index in [-0.39, 0.29) is 68.0 Å². The lowest BCUT2D eigenvalue weighted by molar-refractivity contribution is -0.603. The highest BCUT2D eigenvalue weighted by molar-refractivity contribution is 7.99. The molecule has 296 valence electrons. The summed E-state index contributed by atoms with van der Waals surface area (Å²) in [5.41, 5.74) is 6.89. The van der Waals surface area contributed by atoms with Crippen molar-refractivity contribution in [1.82, 2.24) is 15.0 Å². The summed E-state index contributed by atoms with van der Waals surface area (Å²) >= 11 is 3.23. The van der Waals surface area contributed by atoms with Crippen LogP contribution in [0.1, 0.15) is 10.4 Å². The Morgan fingerprint density at radius 1 is 0.946 bits per heavy atom. The normalized spacial score (nSPS) is 11.4. The predicted molar refractivity (Wildman–Crippen MR) is 202 cm³/mol. The van der Waals surface area contributed by atoms with Crippen molar-refractivity contribution in [2.24, 2.45) is 10.2 Å². The quantitative estimate of drug-likeness (QED) is 0.00811. The maximum Gasteiger partial charge on any atom is 0.444 e. The minimum Gasteiger partial charge on any atom is -0.507 e. The third-order valence-corrected chi connectivity index (χ3v) is 9.93. The first kappa shape index (κ1) is 42.5. The number of carboxylic acids is 1. The van der Waals surface area contributed by atoms with E-state index in [2.05, 4.69) is 54.3 Å². The largest absolute Gasteiger partial charge is 0.507 e. The van der Waals surface area contributed by atoms with Gasteiger partial charge < -0.3 is 31.3 Å². The highest BCUT2D eigenvalue weighted by Crippen LogP contribution is 2.46. The highest BCUT2D eigenvalue weighted by Gasteiger charge is 2.23. The zero-order valence-corrected chi connectivity index (χ0v) is 31.7. The lowest BCUT2D eigenvalue weighted by atomic mass is 10.1. The van der Waals surface area contributed by atoms with E-state index in [9.17, 15) is 15.0 Å². The van der Waals surface area contributed by atoms with Crippen molar-refractivity contribution >= 4 is 99.3 Å². The number of anilines is 4. The van der Waals surface area contributed by atoms with E-state index >= 15 is 0 Å². The van der Waals surface area contributed by atoms with Gasteiger partial charge in [-0.2, -0.15) is 11.8 Å². The highest BCUT2D eigenvalue weighted by atomic mass is 32.2. The van der Waals surface area contributed by atoms with Crippen LogP contribution in [0.15, 0.2) is 85.8 Å². The number of fused-ring (bicyclic) bond motifs is 1. The van der Waals surface area contributed by atoms with Gasteiger partial charge >= 0.3 is 23.8 Å². The number of rotatable bonds is 21. The van der Waals surface area contributed by atoms with E-state index in [0.29, 0.717) is 70.1 Å². The van der Waals surface area contributed by atoms with Crippen LogP contribution in [0.4, 0.5) is 34.6 Å². The van der Waals surface area contributed by atoms with E-state index in [1.54, 1.807) is 54.2 Å². The monoisotopic (exact) mass is 852 g/mol. The lowest BCUT2D eigenvalue weighted by Crippen LogP contribution is -2.35. The van der Waals surface area contributed by atoms with Gasteiger partial charge in [0.05, 0.1) is 81.6 Å². The molecule has 0 aliphatic heterocycles. The Morgan fingerprint density at radius 2 is 1.70 bits per heavy atom. The molecule has 22 nitrogen and oxygen atoms in total. The average molecular weight is 853 g/mol. The Morgan fingerprint density at radius 3 is 2.43 bits per heavy atom. The number of hydrogen-bond acceptors (Lipinski definition) is 24. The minimum atomic E-state index is -1.14. The molecule has 0 bridgehead atoms. The summed E-state index contributed by atoms with van der Waals surface area (Å²) in [7, 11) is 1.78. The van der Waals surface area contributed by atoms with Gasteiger partial charge in [0.1, 0.15) is 17.1 Å². The van der Waals surface area contributed by atoms with Crippen LogP contribution in [-0.2, 0) is 28.1 Å². The first-order chi connectivity index (χ1) is 27.1. The minimum absolute atomic E-state index is 0.00436. The number of hydrogen-bond donors (Lipinski definition) is 8. The Hall–Kier alpha value is -4.65. The third kappa shape index (κ3) is 11.2. The number of nitrogen functional groups attached to an aromatic ring is 1. The molecule has 3 aromatic carbocycles. The summed E-state index contributed by atoms with van der Waals surface area (Å²) < 4.78 is 15.2. The third-order valence-electron chi connectivity index (χ3n) is 7.15. The number of nitrogens with two attached hydrogens (primary N) is 1. The van der Waals surface area contributed by atoms with Crippen LogP contribution in [0.25, 0.3) is 16.7 Å². The number of thioether (sulfide) groups is 1. The van der Waals surface area contributed by atoms with Crippen molar-refractivity contribution in [3.8, 4) is 11.7 Å². The van der Waals surface area contributed by atoms with Gasteiger partial charge in [-0.1, -0.05) is 15.1 Å². The van der Waals surface area contributed by atoms with Crippen molar-refractivity contribution in [2.45, 2.75) is 14.7 Å². The number of carboxylic acid groups (broad SMARTS) is 1. The first-order valence-corrected chi connectivity index (χ1v) is 18.8. The second-order valence-electron chi connectivity index (χ2n) is 10.7. The Bertz CT molecular complexity index is 2180. The molecule has 0 aliphatic carbocycles. The molecule has 5 rings (SSSR count). The number of aliphatic hydroxyl groups excluding tert-OH is 1. The molecule has 2 heterocycles. The number of aromatic carboxylic acids is 1. The zero-order chi connectivity index (χ0) is 40.0. The number of nitrogens with zero attached hydrogens (tertiary/aromatic N) is 7. The maximum atomic E-state index is 11.7. The second kappa shape index (κ2) is 21.0. The van der Waals surface area contributed by atoms with Gasteiger partial charge in [-0.15, -0.1) is 28.2 Å². The van der Waals surface area contributed by atoms with Crippen LogP contribution >= 0.6 is 47.9 Å². The molecule has 56 heavy (non-hydrogen) atoms. The number of benzene rings is 3. The predicted octanol–water partition coefficient (Wildman–Crippen LogP) is 5.89. The molecule has 0 fully saturated rings. The summed E-state index contributed by atoms with van der Waals surface area (Å²) in [6.45, 7) is 0.558. The summed E-state index contributed by atoms with van der Waals surface area (Å²) in [6.07, 6.45) is 2.95. The van der Waals surface area contributed by atoms with Crippen LogP contribution in [0.5, 0.6) is 5.75 Å². The van der Waals surface area contributed by atoms with Gasteiger partial charge in [-0.25, -0.2) is 25.1 Å². The van der Waals surface area contributed by atoms with Crippen LogP contribution < -0.4 is 20.5 Å². The molecular weight excluding hydrogens is 823 g/mol. The molecule has 9 N–H and O–H groups in total. The van der Waals surface area contributed by atoms with Crippen LogP contribution in [0, 0.1) is 0 Å². The fourth-order valence-corrected chi connectivity index (χ4v) is 6.83. The molecule has 0 saturated carbocycles. The van der Waals surface area contributed by atoms with E-state index in [1.165, 1.54) is 35.0 Å². The Labute approximate surface area is 332 Å². The molecule has 0 radical (unpaired) electrons. The molecule has 2 aromatic heterocycles. The molecule has 5 aromatic rings. The number of aromatic hydroxyl groups is 1. The molecule has 26 heteroatoms. The van der Waals surface area contributed by atoms with Gasteiger partial charge in [0.2, 0.25) is 0 Å². The standard InChI is InChI=1S/C30H29N9O13S4/c1-38(7-9-53-10-8-40)29-33-28(34-30(35-29)39-6-2-3-16(15-39)27(42)43)32-18-4-5-20(22(13-18)55-51-48-45)36-37-26-24-17(12-23(25(26)31)56-52-49-46)11-19(14-21(24)41)54-50-47-44/h2-6,11-15,40H,7-10,31H2,1H3,(H5-,32,33,34,35,41,42,43,44,45,46)/p+1/b37-36+. The molecule has 0 atom stereocenters. The number of nitrogens with one attached hydrogen (secondary N) is 1. The molecule has 0 spiro atoms. The van der Waals surface area contributed by atoms with Crippen LogP contribution in [0.2, 0.25) is 0 Å². The van der Waals surface area contributed by atoms with Crippen LogP contribution in [0.3, 0.4) is 0 Å². The summed E-state index contributed by atoms with van der Waals surface area (Å²) in [4.78, 5) is 27.8. The van der Waals surface area contributed by atoms with E-state index in [1.807, 2.05) is 0 Å². The van der Waals surface area contributed by atoms with Gasteiger partial charge in [0.25, 0.3) is 0 Å². The molecule has 0 saturated heterocycles. The van der Waals surface area contributed by atoms with Crippen molar-refractivity contribution in [2.75, 3.05) is 47.7 Å². The number of azo groups is 1. The van der Waals surface area contributed by atoms with Gasteiger partial charge in [-0.05, 0) is 63.9 Å². The lowest BCUT2D eigenvalue weighted by Gasteiger charge is -2.15. The fourth-order valence-electron chi connectivity index (χ4n) is 4.71. The van der Waals surface area contributed by atoms with Gasteiger partial charge in [0.15, 0.2) is 0 Å². The second-order valence-corrected chi connectivity index (χ2v) is 14.2. The fraction of sp³-hybridized carbons (Fsp3) is 0.167. The number of aliphatic hydroxyl groups is 1. The molecular formula is C30H30N9O13S4+. The number of pyridine rings is 1. The Kier molecular flexibility index (Phi) is 16.0. The van der Waals surface area contributed by atoms with Crippen molar-refractivity contribution < 1.29 is 68.6 Å². The van der Waals surface area contributed by atoms with Crippen molar-refractivity contribution in [3.05, 3.63) is 66.5 Å². The van der Waals surface area contributed by atoms with Crippen molar-refractivity contribution in [3.63, 3.8) is 0 Å². The molecule has 0 unspecified atom stereocenters. The molecule has 0 aliphatic rings. The number of phenols is 1. The smallest absolute Gasteiger partial charge is 0.444 e. The van der Waals surface area contributed by atoms with Gasteiger partial charge in [-0.3, -0.25) is 0 Å². The zero-order valence-electron chi connectivity index (χ0n) is 28.5. The Balaban J connectivity index is 1.52. The number of carbonyl (C=O) groups is 1. The topological polar surface area (TPSA) is 302 Å². The number of aromatic nitrogens is 4. The van der Waals surface area contributed by atoms with Crippen molar-refractivity contribution in [1.29, 1.82) is 0 Å². The summed E-state index contributed by atoms with van der Waals surface area (Å²) in [5, 5.41) is 79.2.